The molecule has 0 bridgehead atoms. The Balaban J connectivity index is 2.32. The Morgan fingerprint density at radius 3 is 2.65 bits per heavy atom. The molecule has 8 heteroatoms. The summed E-state index contributed by atoms with van der Waals surface area (Å²) in [5.74, 6) is 0. The van der Waals surface area contributed by atoms with E-state index in [0.717, 1.165) is 19.3 Å². The van der Waals surface area contributed by atoms with Gasteiger partial charge >= 0.3 is 0 Å². The lowest BCUT2D eigenvalue weighted by Crippen LogP contribution is -2.40. The van der Waals surface area contributed by atoms with Crippen LogP contribution in [0.1, 0.15) is 19.3 Å². The predicted molar refractivity (Wildman–Crippen MR) is 79.6 cm³/mol. The number of hydrogen-bond acceptors (Lipinski definition) is 4. The molecule has 2 atom stereocenters. The van der Waals surface area contributed by atoms with E-state index in [1.165, 1.54) is 12.1 Å². The van der Waals surface area contributed by atoms with Crippen LogP contribution in [-0.4, -0.2) is 27.7 Å². The Morgan fingerprint density at radius 1 is 1.35 bits per heavy atom. The van der Waals surface area contributed by atoms with Crippen molar-refractivity contribution in [3.63, 3.8) is 0 Å². The first-order valence-electron chi connectivity index (χ1n) is 6.15. The van der Waals surface area contributed by atoms with Crippen LogP contribution in [0.25, 0.3) is 0 Å². The third-order valence-electron chi connectivity index (χ3n) is 3.37. The first-order valence-corrected chi connectivity index (χ1v) is 8.38. The van der Waals surface area contributed by atoms with E-state index in [2.05, 4.69) is 4.72 Å². The van der Waals surface area contributed by atoms with Gasteiger partial charge in [0, 0.05) is 18.2 Å². The van der Waals surface area contributed by atoms with E-state index in [-0.39, 0.29) is 27.8 Å². The molecular weight excluding hydrogens is 323 g/mol. The number of nitrogens with one attached hydrogen (secondary N) is 1. The van der Waals surface area contributed by atoms with Crippen molar-refractivity contribution in [1.82, 2.24) is 4.72 Å². The molecule has 0 amide bonds. The molecule has 0 heterocycles. The molecule has 1 aromatic rings. The zero-order chi connectivity index (χ0) is 14.9. The number of halogens is 2. The summed E-state index contributed by atoms with van der Waals surface area (Å²) >= 11 is 11.7. The summed E-state index contributed by atoms with van der Waals surface area (Å²) in [7, 11) is -2.24. The number of nitrogen functional groups attached to an aromatic ring is 1. The molecule has 2 rings (SSSR count). The highest BCUT2D eigenvalue weighted by molar-refractivity contribution is 7.89. The van der Waals surface area contributed by atoms with Crippen molar-refractivity contribution in [1.29, 1.82) is 0 Å². The fourth-order valence-corrected chi connectivity index (χ4v) is 4.75. The summed E-state index contributed by atoms with van der Waals surface area (Å²) in [6.45, 7) is 0. The largest absolute Gasteiger partial charge is 0.398 e. The van der Waals surface area contributed by atoms with Crippen molar-refractivity contribution in [3.05, 3.63) is 22.2 Å². The third kappa shape index (κ3) is 3.20. The Hall–Kier alpha value is -0.530. The second kappa shape index (κ2) is 6.07. The standard InChI is InChI=1S/C12H16Cl2N2O3S/c1-19-11-4-2-3-10(11)16-20(17,18)12-8(14)5-7(13)6-9(12)15/h5-6,10-11,16H,2-4,15H2,1H3. The molecule has 112 valence electrons. The molecule has 0 spiro atoms. The van der Waals surface area contributed by atoms with E-state index in [1.807, 2.05) is 0 Å². The maximum Gasteiger partial charge on any atom is 0.244 e. The highest BCUT2D eigenvalue weighted by Crippen LogP contribution is 2.32. The van der Waals surface area contributed by atoms with Crippen LogP contribution < -0.4 is 10.5 Å². The summed E-state index contributed by atoms with van der Waals surface area (Å²) in [4.78, 5) is -0.134. The van der Waals surface area contributed by atoms with E-state index >= 15 is 0 Å². The van der Waals surface area contributed by atoms with Crippen molar-refractivity contribution >= 4 is 38.9 Å². The van der Waals surface area contributed by atoms with Crippen LogP contribution in [0.5, 0.6) is 0 Å². The highest BCUT2D eigenvalue weighted by Gasteiger charge is 2.33. The van der Waals surface area contributed by atoms with Gasteiger partial charge in [-0.1, -0.05) is 23.2 Å². The zero-order valence-electron chi connectivity index (χ0n) is 10.9. The summed E-state index contributed by atoms with van der Waals surface area (Å²) in [5, 5.41) is 0.302. The molecule has 2 unspecified atom stereocenters. The molecule has 20 heavy (non-hydrogen) atoms. The lowest BCUT2D eigenvalue weighted by Gasteiger charge is -2.20. The first kappa shape index (κ1) is 15.9. The van der Waals surface area contributed by atoms with Gasteiger partial charge in [-0.2, -0.15) is 0 Å². The second-order valence-electron chi connectivity index (χ2n) is 4.74. The minimum absolute atomic E-state index is 0.00876. The number of nitrogens with two attached hydrogens (primary N) is 1. The smallest absolute Gasteiger partial charge is 0.244 e. The lowest BCUT2D eigenvalue weighted by atomic mass is 10.2. The maximum absolute atomic E-state index is 12.4. The van der Waals surface area contributed by atoms with Gasteiger partial charge in [-0.15, -0.1) is 0 Å². The van der Waals surface area contributed by atoms with Gasteiger partial charge in [-0.25, -0.2) is 13.1 Å². The second-order valence-corrected chi connectivity index (χ2v) is 7.23. The highest BCUT2D eigenvalue weighted by atomic mass is 35.5. The van der Waals surface area contributed by atoms with E-state index in [0.29, 0.717) is 5.02 Å². The average Bonchev–Trinajstić information content (AvgIpc) is 2.73. The number of hydrogen-bond donors (Lipinski definition) is 2. The van der Waals surface area contributed by atoms with Gasteiger partial charge in [0.2, 0.25) is 10.0 Å². The number of ether oxygens (including phenoxy) is 1. The van der Waals surface area contributed by atoms with Gasteiger partial charge in [0.05, 0.1) is 16.8 Å². The van der Waals surface area contributed by atoms with Crippen molar-refractivity contribution in [2.75, 3.05) is 12.8 Å². The van der Waals surface area contributed by atoms with Gasteiger partial charge in [0.15, 0.2) is 0 Å². The number of methoxy groups -OCH3 is 1. The van der Waals surface area contributed by atoms with Crippen LogP contribution in [0.15, 0.2) is 17.0 Å². The number of sulfonamides is 1. The molecule has 0 radical (unpaired) electrons. The minimum atomic E-state index is -3.81. The molecule has 3 N–H and O–H groups in total. The van der Waals surface area contributed by atoms with Gasteiger partial charge in [-0.3, -0.25) is 0 Å². The van der Waals surface area contributed by atoms with Crippen molar-refractivity contribution in [2.45, 2.75) is 36.3 Å². The fraction of sp³-hybridized carbons (Fsp3) is 0.500. The Kier molecular flexibility index (Phi) is 4.81. The quantitative estimate of drug-likeness (QED) is 0.826. The van der Waals surface area contributed by atoms with Crippen LogP contribution in [0.4, 0.5) is 5.69 Å². The Bertz CT molecular complexity index is 584. The molecule has 1 aliphatic carbocycles. The molecule has 1 aromatic carbocycles. The van der Waals surface area contributed by atoms with E-state index < -0.39 is 10.0 Å². The van der Waals surface area contributed by atoms with Crippen LogP contribution in [0.2, 0.25) is 10.0 Å². The van der Waals surface area contributed by atoms with E-state index in [9.17, 15) is 8.42 Å². The number of anilines is 1. The Labute approximate surface area is 128 Å². The molecule has 5 nitrogen and oxygen atoms in total. The zero-order valence-corrected chi connectivity index (χ0v) is 13.2. The lowest BCUT2D eigenvalue weighted by molar-refractivity contribution is 0.0916. The molecule has 1 saturated carbocycles. The minimum Gasteiger partial charge on any atom is -0.398 e. The third-order valence-corrected chi connectivity index (χ3v) is 5.60. The van der Waals surface area contributed by atoms with Crippen LogP contribution >= 0.6 is 23.2 Å². The van der Waals surface area contributed by atoms with Gasteiger partial charge < -0.3 is 10.5 Å². The molecule has 1 aliphatic rings. The normalized spacial score (nSPS) is 23.1. The molecule has 0 aliphatic heterocycles. The summed E-state index contributed by atoms with van der Waals surface area (Å²) in [6.07, 6.45) is 2.34. The van der Waals surface area contributed by atoms with Crippen LogP contribution in [-0.2, 0) is 14.8 Å². The summed E-state index contributed by atoms with van der Waals surface area (Å²) in [6, 6.07) is 2.46. The molecule has 0 saturated heterocycles. The monoisotopic (exact) mass is 338 g/mol. The topological polar surface area (TPSA) is 81.4 Å². The predicted octanol–water partition coefficient (Wildman–Crippen LogP) is 2.42. The van der Waals surface area contributed by atoms with Crippen LogP contribution in [0, 0.1) is 0 Å². The van der Waals surface area contributed by atoms with Crippen molar-refractivity contribution < 1.29 is 13.2 Å². The molecule has 1 fully saturated rings. The maximum atomic E-state index is 12.4. The van der Waals surface area contributed by atoms with Gasteiger partial charge in [0.25, 0.3) is 0 Å². The Morgan fingerprint density at radius 2 is 2.05 bits per heavy atom. The molecular formula is C12H16Cl2N2O3S. The number of rotatable bonds is 4. The van der Waals surface area contributed by atoms with Gasteiger partial charge in [-0.05, 0) is 31.4 Å². The van der Waals surface area contributed by atoms with Crippen molar-refractivity contribution in [2.24, 2.45) is 0 Å². The summed E-state index contributed by atoms with van der Waals surface area (Å²) < 4.78 is 32.7. The SMILES string of the molecule is COC1CCCC1NS(=O)(=O)c1c(N)cc(Cl)cc1Cl. The summed E-state index contributed by atoms with van der Waals surface area (Å²) in [5.41, 5.74) is 5.76. The van der Waals surface area contributed by atoms with E-state index in [4.69, 9.17) is 33.7 Å². The van der Waals surface area contributed by atoms with Crippen molar-refractivity contribution in [3.8, 4) is 0 Å². The molecule has 0 aromatic heterocycles. The first-order chi connectivity index (χ1) is 9.35. The van der Waals surface area contributed by atoms with E-state index in [1.54, 1.807) is 7.11 Å². The van der Waals surface area contributed by atoms with Gasteiger partial charge in [0.1, 0.15) is 4.90 Å². The fourth-order valence-electron chi connectivity index (χ4n) is 2.46. The number of benzene rings is 1. The average molecular weight is 339 g/mol. The van der Waals surface area contributed by atoms with Crippen LogP contribution in [0.3, 0.4) is 0 Å².